The first-order valence-corrected chi connectivity index (χ1v) is 7.94. The van der Waals surface area contributed by atoms with Crippen molar-refractivity contribution in [3.8, 4) is 0 Å². The van der Waals surface area contributed by atoms with Crippen molar-refractivity contribution in [1.82, 2.24) is 15.1 Å². The minimum Gasteiger partial charge on any atom is -0.368 e. The molecule has 0 saturated carbocycles. The Balaban J connectivity index is 2.49. The summed E-state index contributed by atoms with van der Waals surface area (Å²) >= 11 is 0. The van der Waals surface area contributed by atoms with Crippen LogP contribution in [0.2, 0.25) is 0 Å². The van der Waals surface area contributed by atoms with Gasteiger partial charge in [-0.15, -0.1) is 0 Å². The van der Waals surface area contributed by atoms with Gasteiger partial charge in [0.1, 0.15) is 5.54 Å². The zero-order valence-corrected chi connectivity index (χ0v) is 13.6. The fraction of sp³-hybridized carbons (Fsp3) is 0.933. The van der Waals surface area contributed by atoms with E-state index in [1.165, 1.54) is 6.42 Å². The highest BCUT2D eigenvalue weighted by molar-refractivity contribution is 5.84. The fourth-order valence-electron chi connectivity index (χ4n) is 2.69. The number of carbonyl (C=O) groups excluding carboxylic acids is 1. The quantitative estimate of drug-likeness (QED) is 0.687. The second-order valence-electron chi connectivity index (χ2n) is 6.19. The third kappa shape index (κ3) is 4.72. The average Bonchev–Trinajstić information content (AvgIpc) is 2.45. The summed E-state index contributed by atoms with van der Waals surface area (Å²) in [5.41, 5.74) is 4.97. The molecule has 0 aromatic heterocycles. The average molecular weight is 284 g/mol. The molecule has 0 bridgehead atoms. The van der Waals surface area contributed by atoms with E-state index in [2.05, 4.69) is 35.9 Å². The number of nitrogens with two attached hydrogens (primary N) is 1. The van der Waals surface area contributed by atoms with E-state index in [9.17, 15) is 4.79 Å². The molecule has 1 amide bonds. The molecule has 1 fully saturated rings. The summed E-state index contributed by atoms with van der Waals surface area (Å²) in [4.78, 5) is 16.6. The zero-order chi connectivity index (χ0) is 15.2. The van der Waals surface area contributed by atoms with Crippen molar-refractivity contribution in [2.24, 2.45) is 5.73 Å². The van der Waals surface area contributed by atoms with Crippen LogP contribution >= 0.6 is 0 Å². The highest BCUT2D eigenvalue weighted by Gasteiger charge is 2.33. The van der Waals surface area contributed by atoms with Crippen molar-refractivity contribution >= 4 is 5.91 Å². The van der Waals surface area contributed by atoms with Crippen molar-refractivity contribution in [1.29, 1.82) is 0 Å². The van der Waals surface area contributed by atoms with Crippen molar-refractivity contribution in [3.05, 3.63) is 0 Å². The smallest absolute Gasteiger partial charge is 0.238 e. The first kappa shape index (κ1) is 17.4. The molecule has 3 N–H and O–H groups in total. The molecule has 2 unspecified atom stereocenters. The molecule has 5 nitrogen and oxygen atoms in total. The van der Waals surface area contributed by atoms with Gasteiger partial charge in [0.05, 0.1) is 0 Å². The van der Waals surface area contributed by atoms with Gasteiger partial charge in [0.15, 0.2) is 0 Å². The zero-order valence-electron chi connectivity index (χ0n) is 13.6. The minimum atomic E-state index is -0.617. The Bertz CT molecular complexity index is 302. The summed E-state index contributed by atoms with van der Waals surface area (Å²) in [5, 5.41) is 3.31. The van der Waals surface area contributed by atoms with Crippen LogP contribution in [0.5, 0.6) is 0 Å². The molecule has 0 spiro atoms. The lowest BCUT2D eigenvalue weighted by Crippen LogP contribution is -2.62. The molecule has 2 atom stereocenters. The molecule has 0 aromatic carbocycles. The standard InChI is InChI=1S/C15H32N4O/c1-5-7-17-15(4,14(16)20)12-18-8-10-19(11-9-18)13(3)6-2/h13,17H,5-12H2,1-4H3,(H2,16,20). The van der Waals surface area contributed by atoms with Crippen LogP contribution in [-0.2, 0) is 4.79 Å². The molecule has 0 aromatic rings. The van der Waals surface area contributed by atoms with E-state index in [0.717, 1.165) is 39.1 Å². The SMILES string of the molecule is CCCNC(C)(CN1CCN(C(C)CC)CC1)C(N)=O. The summed E-state index contributed by atoms with van der Waals surface area (Å²) in [6, 6.07) is 0.651. The van der Waals surface area contributed by atoms with Crippen molar-refractivity contribution in [2.75, 3.05) is 39.3 Å². The lowest BCUT2D eigenvalue weighted by Gasteiger charge is -2.41. The first-order chi connectivity index (χ1) is 9.42. The molecule has 1 heterocycles. The van der Waals surface area contributed by atoms with Crippen LogP contribution in [0, 0.1) is 0 Å². The Morgan fingerprint density at radius 3 is 2.35 bits per heavy atom. The predicted molar refractivity (Wildman–Crippen MR) is 83.7 cm³/mol. The monoisotopic (exact) mass is 284 g/mol. The number of nitrogens with zero attached hydrogens (tertiary/aromatic N) is 2. The molecule has 0 aliphatic carbocycles. The maximum atomic E-state index is 11.7. The van der Waals surface area contributed by atoms with E-state index in [0.29, 0.717) is 12.6 Å². The number of piperazine rings is 1. The van der Waals surface area contributed by atoms with Gasteiger partial charge in [-0.05, 0) is 33.2 Å². The van der Waals surface area contributed by atoms with Crippen molar-refractivity contribution < 1.29 is 4.79 Å². The Morgan fingerprint density at radius 2 is 1.90 bits per heavy atom. The summed E-state index contributed by atoms with van der Waals surface area (Å²) in [6.45, 7) is 14.3. The molecular weight excluding hydrogens is 252 g/mol. The Hall–Kier alpha value is -0.650. The number of hydrogen-bond acceptors (Lipinski definition) is 4. The van der Waals surface area contributed by atoms with Crippen LogP contribution in [-0.4, -0.2) is 66.6 Å². The third-order valence-corrected chi connectivity index (χ3v) is 4.47. The van der Waals surface area contributed by atoms with E-state index in [1.807, 2.05) is 6.92 Å². The Kier molecular flexibility index (Phi) is 6.92. The minimum absolute atomic E-state index is 0.254. The molecule has 118 valence electrons. The second kappa shape index (κ2) is 7.96. The van der Waals surface area contributed by atoms with Crippen LogP contribution in [0.15, 0.2) is 0 Å². The lowest BCUT2D eigenvalue weighted by atomic mass is 9.99. The normalized spacial score (nSPS) is 22.4. The van der Waals surface area contributed by atoms with Gasteiger partial charge in [-0.2, -0.15) is 0 Å². The largest absolute Gasteiger partial charge is 0.368 e. The number of carbonyl (C=O) groups is 1. The van der Waals surface area contributed by atoms with E-state index >= 15 is 0 Å². The topological polar surface area (TPSA) is 61.6 Å². The number of nitrogens with one attached hydrogen (secondary N) is 1. The number of primary amides is 1. The van der Waals surface area contributed by atoms with Gasteiger partial charge in [0.2, 0.25) is 5.91 Å². The number of hydrogen-bond donors (Lipinski definition) is 2. The van der Waals surface area contributed by atoms with Crippen LogP contribution in [0.3, 0.4) is 0 Å². The molecule has 0 radical (unpaired) electrons. The van der Waals surface area contributed by atoms with Crippen LogP contribution < -0.4 is 11.1 Å². The van der Waals surface area contributed by atoms with E-state index in [1.54, 1.807) is 0 Å². The maximum absolute atomic E-state index is 11.7. The molecule has 5 heteroatoms. The van der Waals surface area contributed by atoms with Crippen molar-refractivity contribution in [3.63, 3.8) is 0 Å². The lowest BCUT2D eigenvalue weighted by molar-refractivity contribution is -0.124. The molecule has 1 aliphatic heterocycles. The van der Waals surface area contributed by atoms with Crippen LogP contribution in [0.1, 0.15) is 40.5 Å². The molecule has 1 aliphatic rings. The Labute approximate surface area is 123 Å². The second-order valence-corrected chi connectivity index (χ2v) is 6.19. The van der Waals surface area contributed by atoms with Gasteiger partial charge in [0.25, 0.3) is 0 Å². The highest BCUT2D eigenvalue weighted by Crippen LogP contribution is 2.12. The van der Waals surface area contributed by atoms with Gasteiger partial charge < -0.3 is 11.1 Å². The highest BCUT2D eigenvalue weighted by atomic mass is 16.1. The van der Waals surface area contributed by atoms with Crippen LogP contribution in [0.4, 0.5) is 0 Å². The van der Waals surface area contributed by atoms with Gasteiger partial charge >= 0.3 is 0 Å². The first-order valence-electron chi connectivity index (χ1n) is 7.94. The summed E-state index contributed by atoms with van der Waals surface area (Å²) in [5.74, 6) is -0.254. The Morgan fingerprint density at radius 1 is 1.30 bits per heavy atom. The number of amides is 1. The van der Waals surface area contributed by atoms with Crippen LogP contribution in [0.25, 0.3) is 0 Å². The molecular formula is C15H32N4O. The molecule has 1 saturated heterocycles. The van der Waals surface area contributed by atoms with Crippen molar-refractivity contribution in [2.45, 2.75) is 52.1 Å². The van der Waals surface area contributed by atoms with E-state index in [-0.39, 0.29) is 5.91 Å². The fourth-order valence-corrected chi connectivity index (χ4v) is 2.69. The molecule has 20 heavy (non-hydrogen) atoms. The number of rotatable bonds is 8. The molecule has 1 rings (SSSR count). The van der Waals surface area contributed by atoms with Gasteiger partial charge in [-0.1, -0.05) is 13.8 Å². The summed E-state index contributed by atoms with van der Waals surface area (Å²) in [7, 11) is 0. The van der Waals surface area contributed by atoms with Gasteiger partial charge in [0, 0.05) is 38.8 Å². The van der Waals surface area contributed by atoms with Gasteiger partial charge in [-0.3, -0.25) is 14.6 Å². The summed E-state index contributed by atoms with van der Waals surface area (Å²) in [6.07, 6.45) is 2.20. The van der Waals surface area contributed by atoms with Gasteiger partial charge in [-0.25, -0.2) is 0 Å². The third-order valence-electron chi connectivity index (χ3n) is 4.47. The maximum Gasteiger partial charge on any atom is 0.238 e. The summed E-state index contributed by atoms with van der Waals surface area (Å²) < 4.78 is 0. The van der Waals surface area contributed by atoms with E-state index in [4.69, 9.17) is 5.73 Å². The van der Waals surface area contributed by atoms with E-state index < -0.39 is 5.54 Å². The predicted octanol–water partition coefficient (Wildman–Crippen LogP) is 0.646.